The topological polar surface area (TPSA) is 26.0 Å². The molecule has 1 nitrogen and oxygen atoms in total. The van der Waals surface area contributed by atoms with Crippen molar-refractivity contribution in [2.45, 2.75) is 36.3 Å². The van der Waals surface area contributed by atoms with Crippen LogP contribution in [-0.2, 0) is 0 Å². The van der Waals surface area contributed by atoms with E-state index in [1.165, 1.54) is 25.3 Å². The van der Waals surface area contributed by atoms with E-state index < -0.39 is 0 Å². The molecule has 3 heteroatoms. The van der Waals surface area contributed by atoms with Crippen molar-refractivity contribution in [1.29, 1.82) is 0 Å². The van der Waals surface area contributed by atoms with Gasteiger partial charge in [0.2, 0.25) is 0 Å². The molecular formula is C14H20FNS. The van der Waals surface area contributed by atoms with Crippen LogP contribution in [0.15, 0.2) is 29.2 Å². The van der Waals surface area contributed by atoms with Gasteiger partial charge in [-0.1, -0.05) is 19.4 Å². The Morgan fingerprint density at radius 3 is 2.94 bits per heavy atom. The summed E-state index contributed by atoms with van der Waals surface area (Å²) >= 11 is 1.80. The second-order valence-corrected chi connectivity index (χ2v) is 6.34. The quantitative estimate of drug-likeness (QED) is 0.889. The fraction of sp³-hybridized carbons (Fsp3) is 0.571. The van der Waals surface area contributed by atoms with Crippen LogP contribution in [0.2, 0.25) is 0 Å². The number of benzene rings is 1. The summed E-state index contributed by atoms with van der Waals surface area (Å²) in [5.74, 6) is 1.20. The average Bonchev–Trinajstić information content (AvgIpc) is 2.29. The number of hydrogen-bond donors (Lipinski definition) is 1. The monoisotopic (exact) mass is 253 g/mol. The normalized spacial score (nSPS) is 29.2. The van der Waals surface area contributed by atoms with Crippen LogP contribution < -0.4 is 5.73 Å². The molecule has 1 aromatic carbocycles. The average molecular weight is 253 g/mol. The first-order valence-electron chi connectivity index (χ1n) is 6.31. The zero-order valence-electron chi connectivity index (χ0n) is 10.2. The number of halogens is 1. The molecule has 2 rings (SSSR count). The zero-order valence-corrected chi connectivity index (χ0v) is 11.0. The summed E-state index contributed by atoms with van der Waals surface area (Å²) in [6.07, 6.45) is 3.69. The van der Waals surface area contributed by atoms with Crippen molar-refractivity contribution >= 4 is 11.8 Å². The van der Waals surface area contributed by atoms with Crippen molar-refractivity contribution in [3.63, 3.8) is 0 Å². The molecule has 2 N–H and O–H groups in total. The van der Waals surface area contributed by atoms with Crippen LogP contribution in [0.4, 0.5) is 4.39 Å². The first-order chi connectivity index (χ1) is 8.19. The molecule has 0 radical (unpaired) electrons. The molecule has 3 atom stereocenters. The van der Waals surface area contributed by atoms with Crippen LogP contribution in [0.1, 0.15) is 26.2 Å². The lowest BCUT2D eigenvalue weighted by Crippen LogP contribution is -2.31. The fourth-order valence-electron chi connectivity index (χ4n) is 2.52. The summed E-state index contributed by atoms with van der Waals surface area (Å²) in [5, 5.41) is 0.547. The lowest BCUT2D eigenvalue weighted by atomic mass is 9.82. The van der Waals surface area contributed by atoms with Crippen LogP contribution in [0, 0.1) is 17.7 Å². The second kappa shape index (κ2) is 5.87. The van der Waals surface area contributed by atoms with Crippen molar-refractivity contribution in [3.05, 3.63) is 30.1 Å². The van der Waals surface area contributed by atoms with Gasteiger partial charge in [0, 0.05) is 10.1 Å². The maximum Gasteiger partial charge on any atom is 0.124 e. The Bertz CT molecular complexity index is 369. The standard InChI is InChI=1S/C14H20FNS/c1-10-5-6-11(9-16)14(7-10)17-13-4-2-3-12(15)8-13/h2-4,8,10-11,14H,5-7,9,16H2,1H3. The van der Waals surface area contributed by atoms with Crippen LogP contribution >= 0.6 is 11.8 Å². The van der Waals surface area contributed by atoms with Gasteiger partial charge in [0.15, 0.2) is 0 Å². The van der Waals surface area contributed by atoms with E-state index in [0.717, 1.165) is 17.4 Å². The van der Waals surface area contributed by atoms with E-state index in [4.69, 9.17) is 5.73 Å². The van der Waals surface area contributed by atoms with Gasteiger partial charge >= 0.3 is 0 Å². The van der Waals surface area contributed by atoms with E-state index in [0.29, 0.717) is 11.2 Å². The first kappa shape index (κ1) is 12.9. The molecule has 0 heterocycles. The molecule has 0 aliphatic heterocycles. The molecule has 1 fully saturated rings. The smallest absolute Gasteiger partial charge is 0.124 e. The summed E-state index contributed by atoms with van der Waals surface area (Å²) in [4.78, 5) is 1.03. The van der Waals surface area contributed by atoms with Crippen molar-refractivity contribution < 1.29 is 4.39 Å². The summed E-state index contributed by atoms with van der Waals surface area (Å²) < 4.78 is 13.1. The Balaban J connectivity index is 2.04. The van der Waals surface area contributed by atoms with E-state index in [-0.39, 0.29) is 5.82 Å². The van der Waals surface area contributed by atoms with Gasteiger partial charge in [0.05, 0.1) is 0 Å². The highest BCUT2D eigenvalue weighted by atomic mass is 32.2. The molecule has 0 spiro atoms. The molecule has 0 aromatic heterocycles. The van der Waals surface area contributed by atoms with Crippen LogP contribution in [0.3, 0.4) is 0 Å². The third-order valence-electron chi connectivity index (χ3n) is 3.58. The number of nitrogens with two attached hydrogens (primary N) is 1. The van der Waals surface area contributed by atoms with E-state index >= 15 is 0 Å². The largest absolute Gasteiger partial charge is 0.330 e. The molecular weight excluding hydrogens is 233 g/mol. The molecule has 1 aromatic rings. The third kappa shape index (κ3) is 3.46. The minimum atomic E-state index is -0.150. The van der Waals surface area contributed by atoms with E-state index in [2.05, 4.69) is 6.92 Å². The van der Waals surface area contributed by atoms with Gasteiger partial charge < -0.3 is 5.73 Å². The highest BCUT2D eigenvalue weighted by Crippen LogP contribution is 2.39. The van der Waals surface area contributed by atoms with E-state index in [9.17, 15) is 4.39 Å². The Morgan fingerprint density at radius 1 is 1.41 bits per heavy atom. The van der Waals surface area contributed by atoms with Crippen molar-refractivity contribution in [2.24, 2.45) is 17.6 Å². The summed E-state index contributed by atoms with van der Waals surface area (Å²) in [5.41, 5.74) is 5.84. The lowest BCUT2D eigenvalue weighted by molar-refractivity contribution is 0.306. The van der Waals surface area contributed by atoms with Gasteiger partial charge in [-0.25, -0.2) is 4.39 Å². The van der Waals surface area contributed by atoms with Gasteiger partial charge in [0.25, 0.3) is 0 Å². The molecule has 17 heavy (non-hydrogen) atoms. The Hall–Kier alpha value is -0.540. The maximum absolute atomic E-state index is 13.1. The first-order valence-corrected chi connectivity index (χ1v) is 7.19. The Kier molecular flexibility index (Phi) is 4.46. The predicted molar refractivity (Wildman–Crippen MR) is 71.6 cm³/mol. The summed E-state index contributed by atoms with van der Waals surface area (Å²) in [6, 6.07) is 6.88. The molecule has 0 bridgehead atoms. The minimum Gasteiger partial charge on any atom is -0.330 e. The number of rotatable bonds is 3. The van der Waals surface area contributed by atoms with E-state index in [1.54, 1.807) is 23.9 Å². The third-order valence-corrected chi connectivity index (χ3v) is 4.98. The molecule has 1 saturated carbocycles. The van der Waals surface area contributed by atoms with Gasteiger partial charge in [-0.3, -0.25) is 0 Å². The number of hydrogen-bond acceptors (Lipinski definition) is 2. The maximum atomic E-state index is 13.1. The fourth-order valence-corrected chi connectivity index (χ4v) is 4.07. The molecule has 94 valence electrons. The highest BCUT2D eigenvalue weighted by molar-refractivity contribution is 8.00. The van der Waals surface area contributed by atoms with Gasteiger partial charge in [-0.15, -0.1) is 11.8 Å². The second-order valence-electron chi connectivity index (χ2n) is 5.03. The predicted octanol–water partition coefficient (Wildman–Crippen LogP) is 3.68. The summed E-state index contributed by atoms with van der Waals surface area (Å²) in [7, 11) is 0. The van der Waals surface area contributed by atoms with Crippen LogP contribution in [0.5, 0.6) is 0 Å². The highest BCUT2D eigenvalue weighted by Gasteiger charge is 2.28. The van der Waals surface area contributed by atoms with Crippen molar-refractivity contribution in [3.8, 4) is 0 Å². The van der Waals surface area contributed by atoms with Gasteiger partial charge in [0.1, 0.15) is 5.82 Å². The summed E-state index contributed by atoms with van der Waals surface area (Å²) in [6.45, 7) is 3.05. The van der Waals surface area contributed by atoms with Gasteiger partial charge in [-0.2, -0.15) is 0 Å². The van der Waals surface area contributed by atoms with Crippen molar-refractivity contribution in [2.75, 3.05) is 6.54 Å². The minimum absolute atomic E-state index is 0.150. The van der Waals surface area contributed by atoms with Crippen molar-refractivity contribution in [1.82, 2.24) is 0 Å². The van der Waals surface area contributed by atoms with Gasteiger partial charge in [-0.05, 0) is 49.4 Å². The Labute approximate surface area is 107 Å². The molecule has 1 aliphatic rings. The molecule has 0 amide bonds. The lowest BCUT2D eigenvalue weighted by Gasteiger charge is -2.33. The molecule has 1 aliphatic carbocycles. The molecule has 0 saturated heterocycles. The number of thioether (sulfide) groups is 1. The zero-order chi connectivity index (χ0) is 12.3. The molecule has 3 unspecified atom stereocenters. The SMILES string of the molecule is CC1CCC(CN)C(Sc2cccc(F)c2)C1. The Morgan fingerprint density at radius 2 is 2.24 bits per heavy atom. The van der Waals surface area contributed by atoms with Crippen LogP contribution in [0.25, 0.3) is 0 Å². The van der Waals surface area contributed by atoms with Crippen LogP contribution in [-0.4, -0.2) is 11.8 Å². The van der Waals surface area contributed by atoms with E-state index in [1.807, 2.05) is 6.07 Å².